The molecule has 8 heteroatoms. The molecule has 1 unspecified atom stereocenters. The largest absolute Gasteiger partial charge is 0.459 e. The molecule has 2 aromatic rings. The number of benzene rings is 1. The van der Waals surface area contributed by atoms with Crippen LogP contribution in [0.1, 0.15) is 34.5 Å². The molecule has 3 aliphatic heterocycles. The van der Waals surface area contributed by atoms with Crippen LogP contribution in [0.2, 0.25) is 0 Å². The zero-order chi connectivity index (χ0) is 22.8. The van der Waals surface area contributed by atoms with E-state index in [2.05, 4.69) is 4.90 Å². The number of fused-ring (bicyclic) bond motifs is 1. The molecule has 1 atom stereocenters. The monoisotopic (exact) mass is 450 g/mol. The Bertz CT molecular complexity index is 1010. The van der Waals surface area contributed by atoms with Crippen LogP contribution in [0.3, 0.4) is 0 Å². The van der Waals surface area contributed by atoms with E-state index in [1.807, 2.05) is 34.1 Å². The number of likely N-dealkylation sites (tertiary alicyclic amines) is 1. The van der Waals surface area contributed by atoms with E-state index in [0.717, 1.165) is 37.1 Å². The van der Waals surface area contributed by atoms with Gasteiger partial charge in [-0.15, -0.1) is 0 Å². The van der Waals surface area contributed by atoms with Crippen LogP contribution in [0, 0.1) is 0 Å². The molecule has 0 N–H and O–H groups in total. The summed E-state index contributed by atoms with van der Waals surface area (Å²) in [6.07, 6.45) is 4.15. The maximum atomic E-state index is 13.6. The number of hydrogen-bond donors (Lipinski definition) is 0. The van der Waals surface area contributed by atoms with Crippen molar-refractivity contribution in [3.05, 3.63) is 59.5 Å². The second-order valence-electron chi connectivity index (χ2n) is 9.09. The lowest BCUT2D eigenvalue weighted by Gasteiger charge is -2.41. The molecular weight excluding hydrogens is 420 g/mol. The highest BCUT2D eigenvalue weighted by molar-refractivity contribution is 5.96. The molecule has 4 heterocycles. The van der Waals surface area contributed by atoms with Gasteiger partial charge in [0, 0.05) is 52.2 Å². The summed E-state index contributed by atoms with van der Waals surface area (Å²) in [5.74, 6) is 0.140. The average molecular weight is 451 g/mol. The Labute approximate surface area is 193 Å². The number of furan rings is 1. The van der Waals surface area contributed by atoms with Gasteiger partial charge >= 0.3 is 0 Å². The predicted molar refractivity (Wildman–Crippen MR) is 121 cm³/mol. The molecule has 2 saturated heterocycles. The lowest BCUT2D eigenvalue weighted by Crippen LogP contribution is -2.58. The third-order valence-corrected chi connectivity index (χ3v) is 7.03. The minimum atomic E-state index is -0.560. The van der Waals surface area contributed by atoms with Gasteiger partial charge < -0.3 is 19.1 Å². The number of piperazine rings is 1. The van der Waals surface area contributed by atoms with Crippen LogP contribution in [-0.2, 0) is 22.6 Å². The zero-order valence-electron chi connectivity index (χ0n) is 18.8. The first-order valence-electron chi connectivity index (χ1n) is 11.8. The Morgan fingerprint density at radius 1 is 0.848 bits per heavy atom. The van der Waals surface area contributed by atoms with E-state index in [1.165, 1.54) is 6.26 Å². The van der Waals surface area contributed by atoms with Gasteiger partial charge in [-0.2, -0.15) is 0 Å². The predicted octanol–water partition coefficient (Wildman–Crippen LogP) is 1.61. The minimum absolute atomic E-state index is 0.0325. The van der Waals surface area contributed by atoms with Crippen molar-refractivity contribution in [2.75, 3.05) is 45.8 Å². The summed E-state index contributed by atoms with van der Waals surface area (Å²) < 4.78 is 5.34. The van der Waals surface area contributed by atoms with Gasteiger partial charge in [-0.1, -0.05) is 24.3 Å². The molecule has 2 fully saturated rings. The second kappa shape index (κ2) is 9.39. The summed E-state index contributed by atoms with van der Waals surface area (Å²) in [5, 5.41) is 0. The molecule has 0 bridgehead atoms. The molecule has 5 rings (SSSR count). The number of hydrogen-bond acceptors (Lipinski definition) is 5. The summed E-state index contributed by atoms with van der Waals surface area (Å²) in [5.41, 5.74) is 2.17. The van der Waals surface area contributed by atoms with Gasteiger partial charge in [-0.3, -0.25) is 19.3 Å². The second-order valence-corrected chi connectivity index (χ2v) is 9.09. The molecule has 0 radical (unpaired) electrons. The fourth-order valence-electron chi connectivity index (χ4n) is 5.09. The third-order valence-electron chi connectivity index (χ3n) is 7.03. The summed E-state index contributed by atoms with van der Waals surface area (Å²) in [7, 11) is 0. The topological polar surface area (TPSA) is 77.3 Å². The fraction of sp³-hybridized carbons (Fsp3) is 0.480. The minimum Gasteiger partial charge on any atom is -0.459 e. The van der Waals surface area contributed by atoms with Crippen LogP contribution in [-0.4, -0.2) is 89.2 Å². The van der Waals surface area contributed by atoms with E-state index in [-0.39, 0.29) is 23.5 Å². The van der Waals surface area contributed by atoms with Gasteiger partial charge in [0.15, 0.2) is 5.76 Å². The number of rotatable bonds is 4. The SMILES string of the molecule is O=C(CN1CCN(C(=O)C2Cc3ccccc3CN2C(=O)c2ccco2)CC1)N1CCCC1. The van der Waals surface area contributed by atoms with Crippen molar-refractivity contribution in [1.29, 1.82) is 0 Å². The van der Waals surface area contributed by atoms with Crippen LogP contribution in [0.25, 0.3) is 0 Å². The maximum Gasteiger partial charge on any atom is 0.290 e. The summed E-state index contributed by atoms with van der Waals surface area (Å²) >= 11 is 0. The maximum absolute atomic E-state index is 13.6. The van der Waals surface area contributed by atoms with E-state index in [0.29, 0.717) is 45.7 Å². The average Bonchev–Trinajstić information content (AvgIpc) is 3.58. The van der Waals surface area contributed by atoms with Crippen LogP contribution in [0.4, 0.5) is 0 Å². The van der Waals surface area contributed by atoms with Gasteiger partial charge in [-0.25, -0.2) is 0 Å². The number of amides is 3. The molecule has 0 saturated carbocycles. The van der Waals surface area contributed by atoms with Crippen LogP contribution in [0.5, 0.6) is 0 Å². The molecule has 174 valence electrons. The Morgan fingerprint density at radius 2 is 1.58 bits per heavy atom. The van der Waals surface area contributed by atoms with E-state index in [1.54, 1.807) is 17.0 Å². The molecule has 3 amide bonds. The van der Waals surface area contributed by atoms with Crippen LogP contribution < -0.4 is 0 Å². The van der Waals surface area contributed by atoms with Crippen LogP contribution >= 0.6 is 0 Å². The molecule has 3 aliphatic rings. The molecule has 0 aliphatic carbocycles. The van der Waals surface area contributed by atoms with Crippen molar-refractivity contribution < 1.29 is 18.8 Å². The van der Waals surface area contributed by atoms with Crippen molar-refractivity contribution in [2.24, 2.45) is 0 Å². The molecule has 8 nitrogen and oxygen atoms in total. The Hall–Kier alpha value is -3.13. The summed E-state index contributed by atoms with van der Waals surface area (Å²) in [6.45, 7) is 4.99. The molecule has 0 spiro atoms. The first-order valence-corrected chi connectivity index (χ1v) is 11.8. The number of carbonyl (C=O) groups is 3. The molecule has 1 aromatic carbocycles. The Morgan fingerprint density at radius 3 is 2.27 bits per heavy atom. The molecule has 33 heavy (non-hydrogen) atoms. The highest BCUT2D eigenvalue weighted by atomic mass is 16.3. The summed E-state index contributed by atoms with van der Waals surface area (Å²) in [4.78, 5) is 46.8. The van der Waals surface area contributed by atoms with Crippen molar-refractivity contribution in [2.45, 2.75) is 31.8 Å². The van der Waals surface area contributed by atoms with E-state index < -0.39 is 6.04 Å². The lowest BCUT2D eigenvalue weighted by atomic mass is 9.92. The first kappa shape index (κ1) is 21.7. The zero-order valence-corrected chi connectivity index (χ0v) is 18.8. The first-order chi connectivity index (χ1) is 16.1. The van der Waals surface area contributed by atoms with Crippen LogP contribution in [0.15, 0.2) is 47.1 Å². The highest BCUT2D eigenvalue weighted by Crippen LogP contribution is 2.26. The van der Waals surface area contributed by atoms with Gasteiger partial charge in [0.1, 0.15) is 6.04 Å². The normalized spacial score (nSPS) is 21.2. The standard InChI is InChI=1S/C25H30N4O4/c30-23(27-9-3-4-10-27)18-26-11-13-28(14-12-26)24(31)21-16-19-6-1-2-7-20(19)17-29(21)25(32)22-8-5-15-33-22/h1-2,5-8,15,21H,3-4,9-14,16-18H2. The van der Waals surface area contributed by atoms with Gasteiger partial charge in [0.25, 0.3) is 5.91 Å². The van der Waals surface area contributed by atoms with Gasteiger partial charge in [0.2, 0.25) is 11.8 Å². The van der Waals surface area contributed by atoms with Crippen molar-refractivity contribution in [3.63, 3.8) is 0 Å². The quantitative estimate of drug-likeness (QED) is 0.708. The van der Waals surface area contributed by atoms with E-state index >= 15 is 0 Å². The molecule has 1 aromatic heterocycles. The van der Waals surface area contributed by atoms with Gasteiger partial charge in [0.05, 0.1) is 12.8 Å². The Balaban J connectivity index is 1.26. The highest BCUT2D eigenvalue weighted by Gasteiger charge is 2.38. The Kier molecular flexibility index (Phi) is 6.17. The fourth-order valence-corrected chi connectivity index (χ4v) is 5.09. The van der Waals surface area contributed by atoms with Crippen molar-refractivity contribution in [1.82, 2.24) is 19.6 Å². The number of nitrogens with zero attached hydrogens (tertiary/aromatic N) is 4. The van der Waals surface area contributed by atoms with E-state index in [4.69, 9.17) is 4.42 Å². The third kappa shape index (κ3) is 4.53. The molecular formula is C25H30N4O4. The van der Waals surface area contributed by atoms with Crippen molar-refractivity contribution in [3.8, 4) is 0 Å². The van der Waals surface area contributed by atoms with E-state index in [9.17, 15) is 14.4 Å². The smallest absolute Gasteiger partial charge is 0.290 e. The van der Waals surface area contributed by atoms with Gasteiger partial charge in [-0.05, 0) is 36.1 Å². The summed E-state index contributed by atoms with van der Waals surface area (Å²) in [6, 6.07) is 10.7. The van der Waals surface area contributed by atoms with Crippen molar-refractivity contribution >= 4 is 17.7 Å². The lowest BCUT2D eigenvalue weighted by molar-refractivity contribution is -0.139. The number of carbonyl (C=O) groups excluding carboxylic acids is 3.